The Morgan fingerprint density at radius 3 is 2.89 bits per heavy atom. The highest BCUT2D eigenvalue weighted by molar-refractivity contribution is 9.10. The third-order valence-electron chi connectivity index (χ3n) is 2.68. The molecule has 0 saturated carbocycles. The van der Waals surface area contributed by atoms with Gasteiger partial charge in [-0.3, -0.25) is 14.4 Å². The zero-order valence-electron chi connectivity index (χ0n) is 9.99. The zero-order valence-corrected chi connectivity index (χ0v) is 11.6. The molecule has 3 N–H and O–H groups in total. The number of carbonyl (C=O) groups excluding carboxylic acids is 1. The van der Waals surface area contributed by atoms with Gasteiger partial charge in [-0.1, -0.05) is 0 Å². The lowest BCUT2D eigenvalue weighted by Gasteiger charge is -2.09. The summed E-state index contributed by atoms with van der Waals surface area (Å²) in [4.78, 5) is 15.4. The Labute approximate surface area is 112 Å². The normalized spacial score (nSPS) is 10.7. The average molecular weight is 313 g/mol. The molecule has 0 aliphatic rings. The van der Waals surface area contributed by atoms with Crippen LogP contribution >= 0.6 is 15.9 Å². The molecule has 18 heavy (non-hydrogen) atoms. The van der Waals surface area contributed by atoms with Crippen molar-refractivity contribution in [1.82, 2.24) is 14.9 Å². The maximum Gasteiger partial charge on any atom is 0.262 e. The number of nitrogens with zero attached hydrogens (tertiary/aromatic N) is 2. The molecular formula is C11H13BrN4O2. The number of amides is 1. The summed E-state index contributed by atoms with van der Waals surface area (Å²) in [5.41, 5.74) is 4.17. The highest BCUT2D eigenvalue weighted by Gasteiger charge is 2.12. The van der Waals surface area contributed by atoms with Crippen LogP contribution in [0.2, 0.25) is 0 Å². The number of aromatic nitrogens is 2. The number of rotatable bonds is 3. The summed E-state index contributed by atoms with van der Waals surface area (Å²) in [5, 5.41) is 11.4. The molecule has 0 aromatic carbocycles. The minimum Gasteiger partial charge on any atom is -0.360 e. The Bertz CT molecular complexity index is 609. The molecule has 0 aliphatic heterocycles. The quantitative estimate of drug-likeness (QED) is 0.594. The van der Waals surface area contributed by atoms with Crippen molar-refractivity contribution in [1.29, 1.82) is 0 Å². The van der Waals surface area contributed by atoms with E-state index in [1.807, 2.05) is 30.4 Å². The van der Waals surface area contributed by atoms with Crippen LogP contribution in [0.3, 0.4) is 0 Å². The first kappa shape index (κ1) is 12.8. The Kier molecular flexibility index (Phi) is 3.53. The van der Waals surface area contributed by atoms with Crippen LogP contribution in [0.25, 0.3) is 5.65 Å². The molecule has 0 spiro atoms. The van der Waals surface area contributed by atoms with Crippen molar-refractivity contribution in [3.8, 4) is 0 Å². The first-order valence-corrected chi connectivity index (χ1v) is 6.15. The summed E-state index contributed by atoms with van der Waals surface area (Å²) in [6.45, 7) is 3.80. The predicted octanol–water partition coefficient (Wildman–Crippen LogP) is 1.63. The topological polar surface area (TPSA) is 78.7 Å². The van der Waals surface area contributed by atoms with Gasteiger partial charge in [0.05, 0.1) is 12.2 Å². The summed E-state index contributed by atoms with van der Waals surface area (Å²) < 4.78 is 2.88. The smallest absolute Gasteiger partial charge is 0.262 e. The number of hydrogen-bond acceptors (Lipinski definition) is 4. The molecule has 0 fully saturated rings. The number of imidazole rings is 1. The molecule has 1 amide bonds. The van der Waals surface area contributed by atoms with E-state index in [9.17, 15) is 4.79 Å². The lowest BCUT2D eigenvalue weighted by Crippen LogP contribution is -2.27. The van der Waals surface area contributed by atoms with Gasteiger partial charge in [-0.2, -0.15) is 0 Å². The van der Waals surface area contributed by atoms with Crippen molar-refractivity contribution < 1.29 is 10.0 Å². The van der Waals surface area contributed by atoms with E-state index in [-0.39, 0.29) is 6.54 Å². The van der Waals surface area contributed by atoms with E-state index in [4.69, 9.17) is 5.21 Å². The van der Waals surface area contributed by atoms with Crippen molar-refractivity contribution in [3.05, 3.63) is 28.0 Å². The van der Waals surface area contributed by atoms with Crippen LogP contribution in [0.4, 0.5) is 5.82 Å². The van der Waals surface area contributed by atoms with Gasteiger partial charge < -0.3 is 5.32 Å². The fraction of sp³-hybridized carbons (Fsp3) is 0.273. The van der Waals surface area contributed by atoms with Gasteiger partial charge in [0.1, 0.15) is 11.5 Å². The largest absolute Gasteiger partial charge is 0.360 e. The Morgan fingerprint density at radius 1 is 1.50 bits per heavy atom. The zero-order chi connectivity index (χ0) is 13.3. The van der Waals surface area contributed by atoms with Gasteiger partial charge >= 0.3 is 0 Å². The summed E-state index contributed by atoms with van der Waals surface area (Å²) in [6, 6.07) is 3.82. The third kappa shape index (κ3) is 2.19. The lowest BCUT2D eigenvalue weighted by atomic mass is 10.3. The maximum absolute atomic E-state index is 11.0. The minimum absolute atomic E-state index is 0.0168. The predicted molar refractivity (Wildman–Crippen MR) is 70.8 cm³/mol. The van der Waals surface area contributed by atoms with Crippen molar-refractivity contribution >= 4 is 33.3 Å². The summed E-state index contributed by atoms with van der Waals surface area (Å²) in [7, 11) is 0. The molecule has 6 nitrogen and oxygen atoms in total. The van der Waals surface area contributed by atoms with Crippen LogP contribution in [0.15, 0.2) is 16.6 Å². The number of nitrogens with one attached hydrogen (secondary N) is 2. The number of fused-ring (bicyclic) bond motifs is 1. The van der Waals surface area contributed by atoms with E-state index < -0.39 is 5.91 Å². The molecule has 2 aromatic heterocycles. The summed E-state index contributed by atoms with van der Waals surface area (Å²) >= 11 is 3.46. The Morgan fingerprint density at radius 2 is 2.22 bits per heavy atom. The summed E-state index contributed by atoms with van der Waals surface area (Å²) in [5.74, 6) is 0.240. The van der Waals surface area contributed by atoms with Gasteiger partial charge in [-0.25, -0.2) is 10.5 Å². The molecule has 0 bridgehead atoms. The Hall–Kier alpha value is -1.60. The molecule has 96 valence electrons. The molecule has 0 aliphatic carbocycles. The molecule has 2 heterocycles. The minimum atomic E-state index is -0.503. The van der Waals surface area contributed by atoms with Gasteiger partial charge in [0.15, 0.2) is 0 Å². The maximum atomic E-state index is 11.0. The summed E-state index contributed by atoms with van der Waals surface area (Å²) in [6.07, 6.45) is 0. The van der Waals surface area contributed by atoms with Crippen LogP contribution in [0, 0.1) is 13.8 Å². The highest BCUT2D eigenvalue weighted by Crippen LogP contribution is 2.24. The molecule has 0 radical (unpaired) electrons. The second-order valence-electron chi connectivity index (χ2n) is 3.89. The molecule has 7 heteroatoms. The fourth-order valence-electron chi connectivity index (χ4n) is 1.79. The number of hydroxylamine groups is 1. The number of halogens is 1. The second-order valence-corrected chi connectivity index (χ2v) is 4.75. The molecule has 0 unspecified atom stereocenters. The van der Waals surface area contributed by atoms with Gasteiger partial charge in [0.25, 0.3) is 5.91 Å². The van der Waals surface area contributed by atoms with Crippen molar-refractivity contribution in [2.75, 3.05) is 11.9 Å². The number of pyridine rings is 1. The van der Waals surface area contributed by atoms with Crippen molar-refractivity contribution in [3.63, 3.8) is 0 Å². The van der Waals surface area contributed by atoms with E-state index in [1.165, 1.54) is 0 Å². The van der Waals surface area contributed by atoms with E-state index in [0.717, 1.165) is 27.3 Å². The van der Waals surface area contributed by atoms with Crippen LogP contribution in [-0.2, 0) is 4.79 Å². The van der Waals surface area contributed by atoms with Crippen LogP contribution in [-0.4, -0.2) is 27.0 Å². The van der Waals surface area contributed by atoms with Gasteiger partial charge in [-0.05, 0) is 41.9 Å². The first-order valence-electron chi connectivity index (χ1n) is 5.35. The fourth-order valence-corrected chi connectivity index (χ4v) is 2.10. The van der Waals surface area contributed by atoms with Crippen LogP contribution < -0.4 is 10.8 Å². The Balaban J connectivity index is 2.45. The molecular weight excluding hydrogens is 300 g/mol. The van der Waals surface area contributed by atoms with Gasteiger partial charge in [0, 0.05) is 10.2 Å². The standard InChI is InChI=1S/C11H13BrN4O2/c1-6-11(13-5-10(17)15-18)16-7(2)8(12)3-4-9(16)14-6/h3-4,13,18H,5H2,1-2H3,(H,15,17). The van der Waals surface area contributed by atoms with E-state index in [2.05, 4.69) is 26.2 Å². The monoisotopic (exact) mass is 312 g/mol. The average Bonchev–Trinajstić information content (AvgIpc) is 2.68. The second kappa shape index (κ2) is 4.95. The number of hydrogen-bond donors (Lipinski definition) is 3. The van der Waals surface area contributed by atoms with Crippen LogP contribution in [0.1, 0.15) is 11.4 Å². The van der Waals surface area contributed by atoms with E-state index in [1.54, 1.807) is 5.48 Å². The van der Waals surface area contributed by atoms with Crippen LogP contribution in [0.5, 0.6) is 0 Å². The van der Waals surface area contributed by atoms with Gasteiger partial charge in [-0.15, -0.1) is 0 Å². The highest BCUT2D eigenvalue weighted by atomic mass is 79.9. The van der Waals surface area contributed by atoms with Crippen molar-refractivity contribution in [2.45, 2.75) is 13.8 Å². The first-order chi connectivity index (χ1) is 8.54. The molecule has 0 saturated heterocycles. The van der Waals surface area contributed by atoms with E-state index in [0.29, 0.717) is 0 Å². The third-order valence-corrected chi connectivity index (χ3v) is 3.52. The number of aryl methyl sites for hydroxylation is 2. The molecule has 2 rings (SSSR count). The van der Waals surface area contributed by atoms with Crippen molar-refractivity contribution in [2.24, 2.45) is 0 Å². The SMILES string of the molecule is Cc1nc2ccc(Br)c(C)n2c1NCC(=O)NO. The van der Waals surface area contributed by atoms with E-state index >= 15 is 0 Å². The lowest BCUT2D eigenvalue weighted by molar-refractivity contribution is -0.127. The number of carbonyl (C=O) groups is 1. The molecule has 2 aromatic rings. The van der Waals surface area contributed by atoms with Gasteiger partial charge in [0.2, 0.25) is 0 Å². The number of anilines is 1. The molecule has 0 atom stereocenters.